The van der Waals surface area contributed by atoms with Gasteiger partial charge in [-0.15, -0.1) is 0 Å². The number of esters is 1. The highest BCUT2D eigenvalue weighted by Crippen LogP contribution is 2.23. The number of nitrogens with zero attached hydrogens (tertiary/aromatic N) is 2. The summed E-state index contributed by atoms with van der Waals surface area (Å²) in [7, 11) is 1.62. The number of carbonyl (C=O) groups is 1. The molecule has 53 heavy (non-hydrogen) atoms. The van der Waals surface area contributed by atoms with E-state index in [0.29, 0.717) is 110 Å². The second kappa shape index (κ2) is 30.6. The lowest BCUT2D eigenvalue weighted by Crippen LogP contribution is -2.17. The van der Waals surface area contributed by atoms with Gasteiger partial charge in [0.1, 0.15) is 29.6 Å². The van der Waals surface area contributed by atoms with Crippen LogP contribution in [0.4, 0.5) is 13.2 Å². The van der Waals surface area contributed by atoms with E-state index < -0.39 is 29.2 Å². The van der Waals surface area contributed by atoms with Crippen LogP contribution in [0.5, 0.6) is 17.2 Å². The van der Waals surface area contributed by atoms with Crippen molar-refractivity contribution in [2.24, 2.45) is 15.9 Å². The molecule has 0 heterocycles. The Hall–Kier alpha value is -3.88. The number of nitrogens with two attached hydrogens (primary N) is 1. The zero-order valence-electron chi connectivity index (χ0n) is 30.0. The van der Waals surface area contributed by atoms with Gasteiger partial charge in [0.2, 0.25) is 5.75 Å². The van der Waals surface area contributed by atoms with Gasteiger partial charge in [-0.1, -0.05) is 0 Å². The Balaban J connectivity index is 1.28. The molecule has 2 aromatic rings. The molecule has 0 saturated carbocycles. The second-order valence-electron chi connectivity index (χ2n) is 10.4. The third-order valence-corrected chi connectivity index (χ3v) is 6.44. The number of methoxy groups -OCH3 is 1. The fourth-order valence-corrected chi connectivity index (χ4v) is 3.83. The molecule has 2 N–H and O–H groups in total. The van der Waals surface area contributed by atoms with Crippen LogP contribution in [0, 0.1) is 17.5 Å². The summed E-state index contributed by atoms with van der Waals surface area (Å²) in [6.07, 6.45) is 1.28. The largest absolute Gasteiger partial charge is 0.497 e. The number of ether oxygens (including phenoxy) is 11. The van der Waals surface area contributed by atoms with Crippen molar-refractivity contribution in [2.45, 2.75) is 6.42 Å². The van der Waals surface area contributed by atoms with Crippen LogP contribution in [0.1, 0.15) is 6.42 Å². The molecule has 0 aliphatic rings. The molecule has 0 aliphatic heterocycles. The second-order valence-corrected chi connectivity index (χ2v) is 10.4. The van der Waals surface area contributed by atoms with Crippen molar-refractivity contribution in [3.05, 3.63) is 53.8 Å². The van der Waals surface area contributed by atoms with E-state index >= 15 is 0 Å². The number of rotatable bonds is 33. The van der Waals surface area contributed by atoms with Gasteiger partial charge in [0.05, 0.1) is 126 Å². The number of hydrazone groups is 1. The predicted octanol–water partition coefficient (Wildman–Crippen LogP) is 3.01. The summed E-state index contributed by atoms with van der Waals surface area (Å²) in [6, 6.07) is 8.20. The van der Waals surface area contributed by atoms with E-state index in [4.69, 9.17) is 53.2 Å². The number of benzene rings is 2. The van der Waals surface area contributed by atoms with Gasteiger partial charge in [0.25, 0.3) is 0 Å². The highest BCUT2D eigenvalue weighted by molar-refractivity contribution is 6.31. The quantitative estimate of drug-likeness (QED) is 0.0282. The minimum absolute atomic E-state index is 0.0463. The first-order valence-corrected chi connectivity index (χ1v) is 16.9. The standard InChI is InChI=1S/C35H50F3N3O12/c1-43-30-2-4-31(5-3-30)52-23-22-50-19-18-48-16-17-49-20-21-51-27-29(41-39)26-40-7-9-45-11-13-47-15-14-46-12-10-44-8-6-34(42)53-35-32(37)24-28(36)25-33(35)38/h2-5,24-26H,6-23,27,39H2,1H3/b40-26?,41-29+. The SMILES string of the molecule is COc1ccc(OCCOCCOCCOCCOC/C(C=NCCOCCOCCOCCOCCC(=O)Oc2c(F)cc(F)cc2F)=N/N)cc1. The predicted molar refractivity (Wildman–Crippen MR) is 187 cm³/mol. The highest BCUT2D eigenvalue weighted by atomic mass is 19.1. The molecule has 2 rings (SSSR count). The molecular formula is C35H50F3N3O12. The third kappa shape index (κ3) is 23.4. The Morgan fingerprint density at radius 3 is 1.60 bits per heavy atom. The molecule has 0 fully saturated rings. The molecular weight excluding hydrogens is 711 g/mol. The molecule has 0 radical (unpaired) electrons. The van der Waals surface area contributed by atoms with E-state index in [9.17, 15) is 18.0 Å². The number of carbonyl (C=O) groups excluding carboxylic acids is 1. The van der Waals surface area contributed by atoms with Gasteiger partial charge in [0, 0.05) is 18.3 Å². The van der Waals surface area contributed by atoms with Crippen molar-refractivity contribution < 1.29 is 70.1 Å². The van der Waals surface area contributed by atoms with E-state index in [1.54, 1.807) is 7.11 Å². The summed E-state index contributed by atoms with van der Waals surface area (Å²) in [5.41, 5.74) is 0.481. The maximum atomic E-state index is 13.5. The van der Waals surface area contributed by atoms with E-state index in [0.717, 1.165) is 11.5 Å². The van der Waals surface area contributed by atoms with Crippen molar-refractivity contribution in [3.8, 4) is 17.2 Å². The lowest BCUT2D eigenvalue weighted by atomic mass is 10.3. The van der Waals surface area contributed by atoms with Crippen molar-refractivity contribution in [2.75, 3.05) is 126 Å². The maximum Gasteiger partial charge on any atom is 0.313 e. The average molecular weight is 762 g/mol. The number of aliphatic imine (C=N–C) groups is 1. The van der Waals surface area contributed by atoms with E-state index in [2.05, 4.69) is 14.8 Å². The van der Waals surface area contributed by atoms with Crippen LogP contribution in [0.3, 0.4) is 0 Å². The Labute approximate surface area is 307 Å². The minimum atomic E-state index is -1.31. The molecule has 0 aromatic heterocycles. The monoisotopic (exact) mass is 761 g/mol. The van der Waals surface area contributed by atoms with Crippen LogP contribution in [0.25, 0.3) is 0 Å². The van der Waals surface area contributed by atoms with E-state index in [1.807, 2.05) is 24.3 Å². The fraction of sp³-hybridized carbons (Fsp3) is 0.571. The first kappa shape index (κ1) is 45.3. The van der Waals surface area contributed by atoms with Crippen molar-refractivity contribution in [1.82, 2.24) is 0 Å². The van der Waals surface area contributed by atoms with Crippen LogP contribution < -0.4 is 20.1 Å². The van der Waals surface area contributed by atoms with Crippen molar-refractivity contribution >= 4 is 17.9 Å². The van der Waals surface area contributed by atoms with Crippen LogP contribution in [-0.2, 0) is 42.7 Å². The molecule has 298 valence electrons. The van der Waals surface area contributed by atoms with Gasteiger partial charge >= 0.3 is 5.97 Å². The number of hydrogen-bond donors (Lipinski definition) is 1. The van der Waals surface area contributed by atoms with Gasteiger partial charge in [-0.2, -0.15) is 5.10 Å². The first-order valence-electron chi connectivity index (χ1n) is 16.9. The summed E-state index contributed by atoms with van der Waals surface area (Å²) in [5, 5.41) is 3.66. The van der Waals surface area contributed by atoms with Crippen LogP contribution in [-0.4, -0.2) is 144 Å². The smallest absolute Gasteiger partial charge is 0.313 e. The van der Waals surface area contributed by atoms with Crippen LogP contribution in [0.2, 0.25) is 0 Å². The Bertz CT molecular complexity index is 1290. The Kier molecular flexibility index (Phi) is 26.1. The van der Waals surface area contributed by atoms with Gasteiger partial charge in [-0.3, -0.25) is 9.79 Å². The van der Waals surface area contributed by atoms with Crippen LogP contribution >= 0.6 is 0 Å². The molecule has 0 amide bonds. The molecule has 0 unspecified atom stereocenters. The van der Waals surface area contributed by atoms with Crippen molar-refractivity contribution in [1.29, 1.82) is 0 Å². The van der Waals surface area contributed by atoms with Gasteiger partial charge in [-0.05, 0) is 24.3 Å². The summed E-state index contributed by atoms with van der Waals surface area (Å²) in [5.74, 6) is 1.34. The molecule has 0 atom stereocenters. The summed E-state index contributed by atoms with van der Waals surface area (Å²) in [6.45, 7) is 6.24. The third-order valence-electron chi connectivity index (χ3n) is 6.44. The Morgan fingerprint density at radius 2 is 1.09 bits per heavy atom. The summed E-state index contributed by atoms with van der Waals surface area (Å²) >= 11 is 0. The fourth-order valence-electron chi connectivity index (χ4n) is 3.83. The first-order chi connectivity index (χ1) is 25.9. The van der Waals surface area contributed by atoms with Gasteiger partial charge in [-0.25, -0.2) is 13.2 Å². The number of halogens is 3. The molecule has 2 aromatic carbocycles. The topological polar surface area (TPSA) is 169 Å². The molecule has 0 aliphatic carbocycles. The molecule has 0 spiro atoms. The minimum Gasteiger partial charge on any atom is -0.497 e. The maximum absolute atomic E-state index is 13.5. The normalized spacial score (nSPS) is 11.7. The summed E-state index contributed by atoms with van der Waals surface area (Å²) < 4.78 is 98.6. The van der Waals surface area contributed by atoms with Gasteiger partial charge in [0.15, 0.2) is 11.6 Å². The van der Waals surface area contributed by atoms with Crippen LogP contribution in [0.15, 0.2) is 46.5 Å². The zero-order chi connectivity index (χ0) is 38.2. The molecule has 18 heteroatoms. The Morgan fingerprint density at radius 1 is 0.642 bits per heavy atom. The van der Waals surface area contributed by atoms with E-state index in [-0.39, 0.29) is 32.8 Å². The highest BCUT2D eigenvalue weighted by Gasteiger charge is 2.16. The average Bonchev–Trinajstić information content (AvgIpc) is 3.15. The molecule has 0 saturated heterocycles. The summed E-state index contributed by atoms with van der Waals surface area (Å²) in [4.78, 5) is 15.9. The van der Waals surface area contributed by atoms with E-state index in [1.165, 1.54) is 6.21 Å². The number of hydrogen-bond acceptors (Lipinski definition) is 15. The lowest BCUT2D eigenvalue weighted by Gasteiger charge is -2.09. The van der Waals surface area contributed by atoms with Crippen molar-refractivity contribution in [3.63, 3.8) is 0 Å². The lowest BCUT2D eigenvalue weighted by molar-refractivity contribution is -0.136. The van der Waals surface area contributed by atoms with Gasteiger partial charge < -0.3 is 57.9 Å². The molecule has 0 bridgehead atoms. The zero-order valence-corrected chi connectivity index (χ0v) is 30.0. The molecule has 15 nitrogen and oxygen atoms in total.